The highest BCUT2D eigenvalue weighted by molar-refractivity contribution is 5.82. The van der Waals surface area contributed by atoms with Gasteiger partial charge in [0.2, 0.25) is 0 Å². The fraction of sp³-hybridized carbons (Fsp3) is 0.273. The number of fused-ring (bicyclic) bond motifs is 4. The average Bonchev–Trinajstić information content (AvgIpc) is 4.06. The van der Waals surface area contributed by atoms with Gasteiger partial charge in [0.25, 0.3) is 0 Å². The number of aromatic nitrogens is 10. The summed E-state index contributed by atoms with van der Waals surface area (Å²) in [4.78, 5) is 8.88. The Morgan fingerprint density at radius 1 is 0.690 bits per heavy atom. The number of aryl methyl sites for hydroxylation is 4. The Hall–Kier alpha value is -7.32. The number of nitriles is 2. The molecule has 1 N–H and O–H groups in total. The van der Waals surface area contributed by atoms with Crippen LogP contribution in [0.4, 0.5) is 0 Å². The zero-order chi connectivity index (χ0) is 40.3. The molecule has 0 saturated heterocycles. The van der Waals surface area contributed by atoms with Crippen LogP contribution in [0.3, 0.4) is 0 Å². The summed E-state index contributed by atoms with van der Waals surface area (Å²) in [7, 11) is 3.74. The fourth-order valence-electron chi connectivity index (χ4n) is 7.52. The first-order valence-electron chi connectivity index (χ1n) is 19.2. The number of phenolic OH excluding ortho intramolecular Hbond substituents is 1. The summed E-state index contributed by atoms with van der Waals surface area (Å²) in [6.45, 7) is 4.44. The highest BCUT2D eigenvalue weighted by Crippen LogP contribution is 2.37. The summed E-state index contributed by atoms with van der Waals surface area (Å²) in [5.41, 5.74) is 9.41. The summed E-state index contributed by atoms with van der Waals surface area (Å²) in [6.07, 6.45) is 19.4. The van der Waals surface area contributed by atoms with Gasteiger partial charge in [0.05, 0.1) is 65.0 Å². The summed E-state index contributed by atoms with van der Waals surface area (Å²) >= 11 is 0. The molecule has 6 heterocycles. The van der Waals surface area contributed by atoms with Gasteiger partial charge in [-0.3, -0.25) is 19.3 Å². The summed E-state index contributed by atoms with van der Waals surface area (Å²) in [6, 6.07) is 19.4. The minimum atomic E-state index is -0.140. The van der Waals surface area contributed by atoms with Crippen molar-refractivity contribution < 1.29 is 9.84 Å². The third-order valence-corrected chi connectivity index (χ3v) is 10.7. The van der Waals surface area contributed by atoms with E-state index in [1.165, 1.54) is 17.7 Å². The highest BCUT2D eigenvalue weighted by atomic mass is 16.5. The standard InChI is InChI=1S/C22H20N6O.C11H10N4O.C11H12N2/c1-14-3-4-16-7-15(9-23)10-24-21(16)22(14)29-19-6-5-17-11-26-28(20(17)8-19)18-12-25-27(2)13-18;1-14-7-9(6-12-14)15-11-4-10(16)3-2-8(11)5-13-15;1-8-2-3-10-5-9(6-12)7-13-11(10)4-8/h5-8,10-14,22H,3-4H2,1-2H3;2-7,16H,1H3;5,7-8H,2-4H2,1H3/t14-,22+;;8-/m1.0/s1. The number of ether oxygens (including phenoxy) is 1. The molecule has 0 saturated carbocycles. The van der Waals surface area contributed by atoms with E-state index in [0.717, 1.165) is 81.8 Å². The summed E-state index contributed by atoms with van der Waals surface area (Å²) in [5.74, 6) is 2.09. The zero-order valence-corrected chi connectivity index (χ0v) is 32.7. The molecule has 0 aliphatic heterocycles. The molecule has 0 unspecified atom stereocenters. The Labute approximate surface area is 335 Å². The minimum absolute atomic E-state index is 0.140. The van der Waals surface area contributed by atoms with Gasteiger partial charge in [-0.15, -0.1) is 0 Å². The van der Waals surface area contributed by atoms with E-state index in [-0.39, 0.29) is 11.9 Å². The first kappa shape index (κ1) is 37.6. The second kappa shape index (κ2) is 16.0. The van der Waals surface area contributed by atoms with E-state index in [1.54, 1.807) is 57.2 Å². The fourth-order valence-corrected chi connectivity index (χ4v) is 7.52. The highest BCUT2D eigenvalue weighted by Gasteiger charge is 2.30. The van der Waals surface area contributed by atoms with Crippen LogP contribution in [0.1, 0.15) is 66.4 Å². The van der Waals surface area contributed by atoms with Gasteiger partial charge in [0, 0.05) is 55.1 Å². The number of nitrogens with zero attached hydrogens (tertiary/aromatic N) is 12. The van der Waals surface area contributed by atoms with Crippen molar-refractivity contribution in [1.82, 2.24) is 49.1 Å². The topological polar surface area (TPSA) is 174 Å². The lowest BCUT2D eigenvalue weighted by atomic mass is 9.85. The van der Waals surface area contributed by atoms with E-state index in [1.807, 2.05) is 73.8 Å². The van der Waals surface area contributed by atoms with Gasteiger partial charge in [-0.25, -0.2) is 9.36 Å². The van der Waals surface area contributed by atoms with Gasteiger partial charge in [-0.05, 0) is 91.5 Å². The number of hydrogen-bond donors (Lipinski definition) is 1. The molecule has 3 atom stereocenters. The predicted octanol–water partition coefficient (Wildman–Crippen LogP) is 7.27. The molecule has 0 bridgehead atoms. The molecule has 0 radical (unpaired) electrons. The predicted molar refractivity (Wildman–Crippen MR) is 217 cm³/mol. The van der Waals surface area contributed by atoms with Gasteiger partial charge >= 0.3 is 0 Å². The molecule has 14 heteroatoms. The van der Waals surface area contributed by atoms with Crippen molar-refractivity contribution in [2.45, 2.75) is 52.1 Å². The Kier molecular flexibility index (Phi) is 10.4. The van der Waals surface area contributed by atoms with Gasteiger partial charge in [0.15, 0.2) is 0 Å². The molecule has 10 rings (SSSR count). The quantitative estimate of drug-likeness (QED) is 0.192. The van der Waals surface area contributed by atoms with Crippen LogP contribution in [0.5, 0.6) is 11.5 Å². The lowest BCUT2D eigenvalue weighted by molar-refractivity contribution is 0.124. The first-order valence-corrected chi connectivity index (χ1v) is 19.2. The maximum atomic E-state index is 9.46. The van der Waals surface area contributed by atoms with E-state index < -0.39 is 0 Å². The lowest BCUT2D eigenvalue weighted by Crippen LogP contribution is -2.24. The number of hydrogen-bond acceptors (Lipinski definition) is 10. The van der Waals surface area contributed by atoms with Gasteiger partial charge < -0.3 is 9.84 Å². The molecule has 8 aromatic rings. The van der Waals surface area contributed by atoms with Crippen LogP contribution in [0.2, 0.25) is 0 Å². The van der Waals surface area contributed by atoms with E-state index in [0.29, 0.717) is 17.0 Å². The van der Waals surface area contributed by atoms with Gasteiger partial charge in [-0.2, -0.15) is 30.9 Å². The normalized spacial score (nSPS) is 16.8. The van der Waals surface area contributed by atoms with Crippen molar-refractivity contribution >= 4 is 21.8 Å². The van der Waals surface area contributed by atoms with Crippen LogP contribution in [0.15, 0.2) is 98.1 Å². The largest absolute Gasteiger partial charge is 0.508 e. The maximum absolute atomic E-state index is 9.46. The van der Waals surface area contributed by atoms with Crippen molar-refractivity contribution in [2.75, 3.05) is 0 Å². The average molecular weight is 771 g/mol. The first-order chi connectivity index (χ1) is 28.1. The Morgan fingerprint density at radius 2 is 1.29 bits per heavy atom. The van der Waals surface area contributed by atoms with Crippen molar-refractivity contribution in [3.8, 4) is 35.0 Å². The number of rotatable bonds is 4. The minimum Gasteiger partial charge on any atom is -0.508 e. The molecule has 0 fully saturated rings. The van der Waals surface area contributed by atoms with E-state index in [2.05, 4.69) is 56.3 Å². The molecule has 2 aliphatic rings. The molecule has 14 nitrogen and oxygen atoms in total. The molecule has 0 amide bonds. The third kappa shape index (κ3) is 7.86. The molecule has 6 aromatic heterocycles. The van der Waals surface area contributed by atoms with Gasteiger partial charge in [0.1, 0.15) is 41.1 Å². The van der Waals surface area contributed by atoms with Crippen molar-refractivity contribution in [3.63, 3.8) is 0 Å². The number of pyridine rings is 2. The molecule has 0 spiro atoms. The molecule has 290 valence electrons. The van der Waals surface area contributed by atoms with E-state index >= 15 is 0 Å². The zero-order valence-electron chi connectivity index (χ0n) is 32.7. The number of aromatic hydroxyl groups is 1. The van der Waals surface area contributed by atoms with Crippen LogP contribution in [0, 0.1) is 34.5 Å². The Bertz CT molecular complexity index is 2830. The second-order valence-electron chi connectivity index (χ2n) is 15.0. The SMILES string of the molecule is C[C@@H]1CCc2cc(C#N)cnc2[C@H]1Oc1ccc2cnn(-c3cnn(C)c3)c2c1.C[C@H]1CCc2cc(C#N)cnc2C1.Cn1cc(-n2ncc3ccc(O)cc32)cn1. The molecule has 58 heavy (non-hydrogen) atoms. The third-order valence-electron chi connectivity index (χ3n) is 10.7. The van der Waals surface area contributed by atoms with Crippen LogP contribution in [0.25, 0.3) is 33.2 Å². The second-order valence-corrected chi connectivity index (χ2v) is 15.0. The number of phenols is 1. The summed E-state index contributed by atoms with van der Waals surface area (Å²) in [5, 5.41) is 46.5. The van der Waals surface area contributed by atoms with Gasteiger partial charge in [-0.1, -0.05) is 13.8 Å². The van der Waals surface area contributed by atoms with Crippen LogP contribution >= 0.6 is 0 Å². The Morgan fingerprint density at radius 3 is 1.93 bits per heavy atom. The van der Waals surface area contributed by atoms with E-state index in [9.17, 15) is 5.11 Å². The smallest absolute Gasteiger partial charge is 0.143 e. The van der Waals surface area contributed by atoms with Crippen LogP contribution in [-0.2, 0) is 33.4 Å². The maximum Gasteiger partial charge on any atom is 0.143 e. The van der Waals surface area contributed by atoms with Crippen molar-refractivity contribution in [3.05, 3.63) is 132 Å². The molecule has 2 aromatic carbocycles. The van der Waals surface area contributed by atoms with Crippen molar-refractivity contribution in [2.24, 2.45) is 25.9 Å². The van der Waals surface area contributed by atoms with E-state index in [4.69, 9.17) is 15.3 Å². The molecular weight excluding hydrogens is 729 g/mol. The summed E-state index contributed by atoms with van der Waals surface area (Å²) < 4.78 is 13.5. The monoisotopic (exact) mass is 770 g/mol. The van der Waals surface area contributed by atoms with Crippen molar-refractivity contribution in [1.29, 1.82) is 10.5 Å². The Balaban J connectivity index is 0.000000136. The lowest BCUT2D eigenvalue weighted by Gasteiger charge is -2.30. The molecule has 2 aliphatic carbocycles. The number of benzene rings is 2. The van der Waals surface area contributed by atoms with Crippen LogP contribution in [-0.4, -0.2) is 54.2 Å². The molecular formula is C44H42N12O2. The van der Waals surface area contributed by atoms with Crippen LogP contribution < -0.4 is 4.74 Å².